The molecular weight excluding hydrogens is 306 g/mol. The first-order valence-electron chi connectivity index (χ1n) is 7.19. The summed E-state index contributed by atoms with van der Waals surface area (Å²) in [5, 5.41) is 3.78. The molecule has 1 saturated carbocycles. The number of hydrogen-bond donors (Lipinski definition) is 1. The van der Waals surface area contributed by atoms with Crippen LogP contribution in [0.2, 0.25) is 0 Å². The number of halogens is 1. The van der Waals surface area contributed by atoms with Gasteiger partial charge in [0, 0.05) is 10.9 Å². The monoisotopic (exact) mass is 329 g/mol. The Morgan fingerprint density at radius 3 is 2.89 bits per heavy atom. The Bertz CT molecular complexity index is 363. The Labute approximate surface area is 123 Å². The fourth-order valence-electron chi connectivity index (χ4n) is 3.08. The maximum atomic E-state index is 3.78. The lowest BCUT2D eigenvalue weighted by Gasteiger charge is -2.33. The fraction of sp³-hybridized carbons (Fsp3) is 0.733. The summed E-state index contributed by atoms with van der Waals surface area (Å²) in [5.74, 6) is 1.73. The highest BCUT2D eigenvalue weighted by Crippen LogP contribution is 2.39. The number of thiophene rings is 1. The zero-order valence-electron chi connectivity index (χ0n) is 11.4. The van der Waals surface area contributed by atoms with Crippen molar-refractivity contribution in [3.05, 3.63) is 20.8 Å². The second-order valence-electron chi connectivity index (χ2n) is 5.61. The third kappa shape index (κ3) is 3.82. The van der Waals surface area contributed by atoms with Crippen LogP contribution in [0.3, 0.4) is 0 Å². The summed E-state index contributed by atoms with van der Waals surface area (Å²) in [6.07, 6.45) is 6.82. The molecule has 1 heterocycles. The zero-order valence-corrected chi connectivity index (χ0v) is 13.8. The molecule has 3 heteroatoms. The molecule has 3 unspecified atom stereocenters. The van der Waals surface area contributed by atoms with Gasteiger partial charge in [0.15, 0.2) is 0 Å². The van der Waals surface area contributed by atoms with Crippen LogP contribution < -0.4 is 5.32 Å². The summed E-state index contributed by atoms with van der Waals surface area (Å²) in [4.78, 5) is 1.51. The van der Waals surface area contributed by atoms with Crippen molar-refractivity contribution >= 4 is 27.3 Å². The van der Waals surface area contributed by atoms with Gasteiger partial charge in [0.1, 0.15) is 0 Å². The SMILES string of the molecule is CCCNC(c1ccc(Br)s1)C1CCCC(C)C1. The average Bonchev–Trinajstić information content (AvgIpc) is 2.76. The van der Waals surface area contributed by atoms with Crippen LogP contribution in [0.25, 0.3) is 0 Å². The normalized spacial score (nSPS) is 26.2. The lowest BCUT2D eigenvalue weighted by atomic mass is 9.78. The molecule has 0 radical (unpaired) electrons. The van der Waals surface area contributed by atoms with Gasteiger partial charge in [0.05, 0.1) is 3.79 Å². The van der Waals surface area contributed by atoms with Crippen LogP contribution in [-0.2, 0) is 0 Å². The largest absolute Gasteiger partial charge is 0.309 e. The second kappa shape index (κ2) is 7.06. The average molecular weight is 330 g/mol. The van der Waals surface area contributed by atoms with Crippen molar-refractivity contribution in [3.8, 4) is 0 Å². The van der Waals surface area contributed by atoms with Crippen LogP contribution in [0, 0.1) is 11.8 Å². The Balaban J connectivity index is 2.08. The molecule has 1 aromatic rings. The smallest absolute Gasteiger partial charge is 0.0701 e. The van der Waals surface area contributed by atoms with E-state index in [2.05, 4.69) is 47.2 Å². The quantitative estimate of drug-likeness (QED) is 0.764. The minimum absolute atomic E-state index is 0.573. The summed E-state index contributed by atoms with van der Waals surface area (Å²) < 4.78 is 1.25. The molecule has 1 N–H and O–H groups in total. The summed E-state index contributed by atoms with van der Waals surface area (Å²) in [5.41, 5.74) is 0. The number of hydrogen-bond acceptors (Lipinski definition) is 2. The maximum Gasteiger partial charge on any atom is 0.0701 e. The second-order valence-corrected chi connectivity index (χ2v) is 8.10. The maximum absolute atomic E-state index is 3.78. The molecule has 3 atom stereocenters. The lowest BCUT2D eigenvalue weighted by molar-refractivity contribution is 0.226. The van der Waals surface area contributed by atoms with Gasteiger partial charge in [-0.05, 0) is 65.7 Å². The van der Waals surface area contributed by atoms with Gasteiger partial charge in [0.25, 0.3) is 0 Å². The van der Waals surface area contributed by atoms with Crippen molar-refractivity contribution in [1.29, 1.82) is 0 Å². The lowest BCUT2D eigenvalue weighted by Crippen LogP contribution is -2.31. The van der Waals surface area contributed by atoms with E-state index in [1.54, 1.807) is 0 Å². The summed E-state index contributed by atoms with van der Waals surface area (Å²) in [7, 11) is 0. The van der Waals surface area contributed by atoms with Crippen LogP contribution in [0.15, 0.2) is 15.9 Å². The van der Waals surface area contributed by atoms with E-state index in [0.29, 0.717) is 6.04 Å². The molecule has 0 aliphatic heterocycles. The Kier molecular flexibility index (Phi) is 5.71. The Morgan fingerprint density at radius 1 is 1.44 bits per heavy atom. The standard InChI is InChI=1S/C15H24BrNS/c1-3-9-17-15(13-7-8-14(16)18-13)12-6-4-5-11(2)10-12/h7-8,11-12,15,17H,3-6,9-10H2,1-2H3. The van der Waals surface area contributed by atoms with Crippen molar-refractivity contribution < 1.29 is 0 Å². The van der Waals surface area contributed by atoms with E-state index >= 15 is 0 Å². The van der Waals surface area contributed by atoms with Crippen molar-refractivity contribution in [2.24, 2.45) is 11.8 Å². The van der Waals surface area contributed by atoms with Gasteiger partial charge >= 0.3 is 0 Å². The molecule has 0 aromatic carbocycles. The molecule has 0 spiro atoms. The summed E-state index contributed by atoms with van der Waals surface area (Å²) in [6, 6.07) is 5.05. The van der Waals surface area contributed by atoms with E-state index in [0.717, 1.165) is 18.4 Å². The number of nitrogens with one attached hydrogen (secondary N) is 1. The highest BCUT2D eigenvalue weighted by Gasteiger charge is 2.28. The minimum atomic E-state index is 0.573. The summed E-state index contributed by atoms with van der Waals surface area (Å²) in [6.45, 7) is 5.79. The predicted molar refractivity (Wildman–Crippen MR) is 84.2 cm³/mol. The van der Waals surface area contributed by atoms with Crippen LogP contribution >= 0.6 is 27.3 Å². The minimum Gasteiger partial charge on any atom is -0.309 e. The first kappa shape index (κ1) is 14.5. The van der Waals surface area contributed by atoms with Crippen molar-refractivity contribution in [3.63, 3.8) is 0 Å². The molecule has 1 fully saturated rings. The van der Waals surface area contributed by atoms with Crippen LogP contribution in [0.1, 0.15) is 56.9 Å². The summed E-state index contributed by atoms with van der Waals surface area (Å²) >= 11 is 5.49. The fourth-order valence-corrected chi connectivity index (χ4v) is 4.67. The Hall–Kier alpha value is 0.140. The third-order valence-corrected chi connectivity index (χ3v) is 5.67. The van der Waals surface area contributed by atoms with Crippen LogP contribution in [0.4, 0.5) is 0 Å². The molecule has 18 heavy (non-hydrogen) atoms. The molecule has 1 nitrogen and oxygen atoms in total. The van der Waals surface area contributed by atoms with Gasteiger partial charge in [-0.2, -0.15) is 0 Å². The molecule has 0 amide bonds. The molecule has 0 saturated heterocycles. The molecule has 102 valence electrons. The van der Waals surface area contributed by atoms with Gasteiger partial charge in [-0.3, -0.25) is 0 Å². The molecule has 1 aliphatic rings. The van der Waals surface area contributed by atoms with Crippen molar-refractivity contribution in [1.82, 2.24) is 5.32 Å². The Morgan fingerprint density at radius 2 is 2.28 bits per heavy atom. The van der Waals surface area contributed by atoms with Crippen LogP contribution in [-0.4, -0.2) is 6.54 Å². The zero-order chi connectivity index (χ0) is 13.0. The van der Waals surface area contributed by atoms with Crippen molar-refractivity contribution in [2.45, 2.75) is 52.0 Å². The van der Waals surface area contributed by atoms with Crippen molar-refractivity contribution in [2.75, 3.05) is 6.54 Å². The molecular formula is C15H24BrNS. The third-order valence-electron chi connectivity index (χ3n) is 3.96. The first-order valence-corrected chi connectivity index (χ1v) is 8.80. The van der Waals surface area contributed by atoms with Gasteiger partial charge in [-0.25, -0.2) is 0 Å². The van der Waals surface area contributed by atoms with E-state index < -0.39 is 0 Å². The van der Waals surface area contributed by atoms with Gasteiger partial charge in [-0.1, -0.05) is 26.7 Å². The van der Waals surface area contributed by atoms with E-state index in [1.807, 2.05) is 11.3 Å². The van der Waals surface area contributed by atoms with E-state index in [1.165, 1.54) is 40.8 Å². The predicted octanol–water partition coefficient (Wildman–Crippen LogP) is 5.38. The van der Waals surface area contributed by atoms with E-state index in [4.69, 9.17) is 0 Å². The highest BCUT2D eigenvalue weighted by atomic mass is 79.9. The molecule has 1 aliphatic carbocycles. The van der Waals surface area contributed by atoms with Gasteiger partial charge in [0.2, 0.25) is 0 Å². The van der Waals surface area contributed by atoms with Crippen LogP contribution in [0.5, 0.6) is 0 Å². The van der Waals surface area contributed by atoms with Gasteiger partial charge < -0.3 is 5.32 Å². The topological polar surface area (TPSA) is 12.0 Å². The van der Waals surface area contributed by atoms with E-state index in [9.17, 15) is 0 Å². The van der Waals surface area contributed by atoms with Gasteiger partial charge in [-0.15, -0.1) is 11.3 Å². The van der Waals surface area contributed by atoms with E-state index in [-0.39, 0.29) is 0 Å². The molecule has 0 bridgehead atoms. The number of rotatable bonds is 5. The highest BCUT2D eigenvalue weighted by molar-refractivity contribution is 9.11. The molecule has 1 aromatic heterocycles. The molecule has 2 rings (SSSR count). The first-order chi connectivity index (χ1) is 8.70.